The minimum absolute atomic E-state index is 0.0585. The molecule has 0 bridgehead atoms. The molecule has 0 aliphatic carbocycles. The Morgan fingerprint density at radius 2 is 2.22 bits per heavy atom. The van der Waals surface area contributed by atoms with Gasteiger partial charge in [0, 0.05) is 22.9 Å². The van der Waals surface area contributed by atoms with Crippen LogP contribution in [0.2, 0.25) is 10.0 Å². The summed E-state index contributed by atoms with van der Waals surface area (Å²) in [4.78, 5) is 4.29. The van der Waals surface area contributed by atoms with Crippen molar-refractivity contribution in [3.8, 4) is 0 Å². The second-order valence-electron chi connectivity index (χ2n) is 3.80. The standard InChI is InChI=1S/C12H16Cl2N2OS/c1-8(6-17-2)16-12(15)18-7-9-3-4-10(13)5-11(9)14/h3-5,8H,6-7H2,1-2H3,(H2,15,16)/t8-/m0/s1. The van der Waals surface area contributed by atoms with E-state index in [-0.39, 0.29) is 6.04 Å². The Morgan fingerprint density at radius 1 is 1.50 bits per heavy atom. The van der Waals surface area contributed by atoms with Crippen molar-refractivity contribution in [1.82, 2.24) is 0 Å². The minimum Gasteiger partial charge on any atom is -0.382 e. The molecule has 1 aromatic rings. The first-order valence-corrected chi connectivity index (χ1v) is 7.16. The summed E-state index contributed by atoms with van der Waals surface area (Å²) in [6.07, 6.45) is 0. The van der Waals surface area contributed by atoms with Crippen LogP contribution in [-0.2, 0) is 10.5 Å². The van der Waals surface area contributed by atoms with Crippen molar-refractivity contribution in [2.24, 2.45) is 10.7 Å². The number of halogens is 2. The molecule has 0 aliphatic heterocycles. The van der Waals surface area contributed by atoms with Crippen molar-refractivity contribution in [3.63, 3.8) is 0 Å². The molecule has 0 fully saturated rings. The predicted molar refractivity (Wildman–Crippen MR) is 80.7 cm³/mol. The number of rotatable bonds is 5. The fourth-order valence-electron chi connectivity index (χ4n) is 1.32. The summed E-state index contributed by atoms with van der Waals surface area (Å²) in [6, 6.07) is 5.48. The van der Waals surface area contributed by atoms with Gasteiger partial charge in [0.1, 0.15) is 0 Å². The highest BCUT2D eigenvalue weighted by atomic mass is 35.5. The lowest BCUT2D eigenvalue weighted by Crippen LogP contribution is -2.15. The van der Waals surface area contributed by atoms with Gasteiger partial charge in [0.05, 0.1) is 12.6 Å². The summed E-state index contributed by atoms with van der Waals surface area (Å²) in [5.41, 5.74) is 6.81. The van der Waals surface area contributed by atoms with Crippen LogP contribution in [0.25, 0.3) is 0 Å². The zero-order valence-electron chi connectivity index (χ0n) is 10.3. The van der Waals surface area contributed by atoms with Gasteiger partial charge in [-0.05, 0) is 24.6 Å². The maximum absolute atomic E-state index is 6.07. The second kappa shape index (κ2) is 7.89. The molecule has 0 saturated heterocycles. The van der Waals surface area contributed by atoms with E-state index in [1.807, 2.05) is 19.1 Å². The molecule has 1 atom stereocenters. The summed E-state index contributed by atoms with van der Waals surface area (Å²) in [6.45, 7) is 2.51. The first-order valence-electron chi connectivity index (χ1n) is 5.42. The van der Waals surface area contributed by atoms with Gasteiger partial charge in [-0.15, -0.1) is 0 Å². The fourth-order valence-corrected chi connectivity index (χ4v) is 2.69. The quantitative estimate of drug-likeness (QED) is 0.668. The van der Waals surface area contributed by atoms with Gasteiger partial charge in [0.2, 0.25) is 0 Å². The highest BCUT2D eigenvalue weighted by Gasteiger charge is 2.04. The summed E-state index contributed by atoms with van der Waals surface area (Å²) in [5.74, 6) is 0.672. The number of methoxy groups -OCH3 is 1. The molecular formula is C12H16Cl2N2OS. The zero-order chi connectivity index (χ0) is 13.5. The average Bonchev–Trinajstić information content (AvgIpc) is 2.28. The van der Waals surface area contributed by atoms with Gasteiger partial charge in [-0.1, -0.05) is 41.0 Å². The topological polar surface area (TPSA) is 47.6 Å². The van der Waals surface area contributed by atoms with E-state index in [0.29, 0.717) is 27.6 Å². The molecule has 18 heavy (non-hydrogen) atoms. The first kappa shape index (κ1) is 15.6. The Kier molecular flexibility index (Phi) is 6.86. The van der Waals surface area contributed by atoms with Crippen molar-refractivity contribution in [3.05, 3.63) is 33.8 Å². The number of hydrogen-bond acceptors (Lipinski definition) is 3. The van der Waals surface area contributed by atoms with Crippen molar-refractivity contribution in [1.29, 1.82) is 0 Å². The Morgan fingerprint density at radius 3 is 2.83 bits per heavy atom. The molecule has 0 amide bonds. The average molecular weight is 307 g/mol. The molecular weight excluding hydrogens is 291 g/mol. The van der Waals surface area contributed by atoms with Crippen LogP contribution in [-0.4, -0.2) is 24.9 Å². The third kappa shape index (κ3) is 5.48. The Labute approximate surface area is 122 Å². The number of benzene rings is 1. The third-order valence-electron chi connectivity index (χ3n) is 2.15. The number of ether oxygens (including phenoxy) is 1. The summed E-state index contributed by atoms with van der Waals surface area (Å²) < 4.78 is 4.99. The number of aliphatic imine (C=N–C) groups is 1. The number of nitrogens with two attached hydrogens (primary N) is 1. The largest absolute Gasteiger partial charge is 0.382 e. The predicted octanol–water partition coefficient (Wildman–Crippen LogP) is 3.58. The van der Waals surface area contributed by atoms with Gasteiger partial charge < -0.3 is 10.5 Å². The molecule has 0 spiro atoms. The normalized spacial score (nSPS) is 13.7. The third-order valence-corrected chi connectivity index (χ3v) is 3.59. The number of thioether (sulfide) groups is 1. The highest BCUT2D eigenvalue weighted by molar-refractivity contribution is 8.13. The molecule has 1 aromatic carbocycles. The van der Waals surface area contributed by atoms with Crippen LogP contribution < -0.4 is 5.73 Å². The molecule has 0 saturated carbocycles. The van der Waals surface area contributed by atoms with E-state index in [1.165, 1.54) is 11.8 Å². The van der Waals surface area contributed by atoms with E-state index in [4.69, 9.17) is 33.7 Å². The van der Waals surface area contributed by atoms with Gasteiger partial charge in [-0.2, -0.15) is 0 Å². The van der Waals surface area contributed by atoms with Crippen LogP contribution in [0.1, 0.15) is 12.5 Å². The van der Waals surface area contributed by atoms with Gasteiger partial charge in [-0.3, -0.25) is 4.99 Å². The van der Waals surface area contributed by atoms with Crippen LogP contribution in [0.4, 0.5) is 0 Å². The van der Waals surface area contributed by atoms with E-state index in [1.54, 1.807) is 13.2 Å². The summed E-state index contributed by atoms with van der Waals surface area (Å²) in [5, 5.41) is 1.81. The summed E-state index contributed by atoms with van der Waals surface area (Å²) >= 11 is 13.3. The van der Waals surface area contributed by atoms with Gasteiger partial charge in [0.15, 0.2) is 5.17 Å². The van der Waals surface area contributed by atoms with E-state index in [9.17, 15) is 0 Å². The van der Waals surface area contributed by atoms with Crippen LogP contribution >= 0.6 is 35.0 Å². The molecule has 0 radical (unpaired) electrons. The molecule has 0 heterocycles. The second-order valence-corrected chi connectivity index (χ2v) is 5.64. The Balaban J connectivity index is 2.54. The van der Waals surface area contributed by atoms with E-state index in [0.717, 1.165) is 5.56 Å². The lowest BCUT2D eigenvalue weighted by Gasteiger charge is -2.07. The van der Waals surface area contributed by atoms with Crippen molar-refractivity contribution < 1.29 is 4.74 Å². The molecule has 1 rings (SSSR count). The maximum atomic E-state index is 6.07. The van der Waals surface area contributed by atoms with Crippen molar-refractivity contribution in [2.45, 2.75) is 18.7 Å². The van der Waals surface area contributed by atoms with Crippen LogP contribution in [0.5, 0.6) is 0 Å². The SMILES string of the molecule is COC[C@H](C)N=C(N)SCc1ccc(Cl)cc1Cl. The molecule has 6 heteroatoms. The minimum atomic E-state index is 0.0585. The molecule has 0 aliphatic rings. The number of hydrogen-bond donors (Lipinski definition) is 1. The van der Waals surface area contributed by atoms with Crippen LogP contribution in [0.15, 0.2) is 23.2 Å². The van der Waals surface area contributed by atoms with Crippen LogP contribution in [0, 0.1) is 0 Å². The highest BCUT2D eigenvalue weighted by Crippen LogP contribution is 2.24. The lowest BCUT2D eigenvalue weighted by atomic mass is 10.2. The van der Waals surface area contributed by atoms with Crippen molar-refractivity contribution in [2.75, 3.05) is 13.7 Å². The van der Waals surface area contributed by atoms with Crippen LogP contribution in [0.3, 0.4) is 0 Å². The smallest absolute Gasteiger partial charge is 0.154 e. The van der Waals surface area contributed by atoms with Gasteiger partial charge >= 0.3 is 0 Å². The zero-order valence-corrected chi connectivity index (χ0v) is 12.6. The van der Waals surface area contributed by atoms with Crippen molar-refractivity contribution >= 4 is 40.1 Å². The Bertz CT molecular complexity index is 427. The monoisotopic (exact) mass is 306 g/mol. The Hall–Kier alpha value is -0.420. The van der Waals surface area contributed by atoms with E-state index < -0.39 is 0 Å². The number of nitrogens with zero attached hydrogens (tertiary/aromatic N) is 1. The molecule has 0 unspecified atom stereocenters. The van der Waals surface area contributed by atoms with Gasteiger partial charge in [-0.25, -0.2) is 0 Å². The molecule has 3 nitrogen and oxygen atoms in total. The number of amidine groups is 1. The molecule has 100 valence electrons. The molecule has 0 aromatic heterocycles. The fraction of sp³-hybridized carbons (Fsp3) is 0.417. The molecule has 2 N–H and O–H groups in total. The lowest BCUT2D eigenvalue weighted by molar-refractivity contribution is 0.186. The summed E-state index contributed by atoms with van der Waals surface area (Å²) in [7, 11) is 1.64. The van der Waals surface area contributed by atoms with E-state index in [2.05, 4.69) is 4.99 Å². The maximum Gasteiger partial charge on any atom is 0.154 e. The van der Waals surface area contributed by atoms with E-state index >= 15 is 0 Å². The first-order chi connectivity index (χ1) is 8.52. The van der Waals surface area contributed by atoms with Gasteiger partial charge in [0.25, 0.3) is 0 Å².